The Morgan fingerprint density at radius 1 is 0.270 bits per heavy atom. The summed E-state index contributed by atoms with van der Waals surface area (Å²) in [5.41, 5.74) is 21.6. The van der Waals surface area contributed by atoms with Crippen molar-refractivity contribution in [2.45, 2.75) is 0 Å². The van der Waals surface area contributed by atoms with Crippen LogP contribution >= 0.6 is 0 Å². The van der Waals surface area contributed by atoms with Gasteiger partial charge in [-0.25, -0.2) is 0 Å². The molecule has 74 heavy (non-hydrogen) atoms. The number of para-hydroxylation sites is 6. The number of aromatic nitrogens is 4. The minimum atomic E-state index is -0.0816. The number of fused-ring (bicyclic) bond motifs is 22. The van der Waals surface area contributed by atoms with Crippen LogP contribution in [0.15, 0.2) is 218 Å². The Kier molecular flexibility index (Phi) is 6.82. The highest BCUT2D eigenvalue weighted by molar-refractivity contribution is 7.02. The largest absolute Gasteiger partial charge is 0.458 e. The van der Waals surface area contributed by atoms with Gasteiger partial charge in [0, 0.05) is 82.9 Å². The first-order chi connectivity index (χ1) is 36.8. The van der Waals surface area contributed by atoms with Crippen molar-refractivity contribution < 1.29 is 9.47 Å². The molecule has 19 rings (SSSR count). The van der Waals surface area contributed by atoms with Crippen LogP contribution in [-0.4, -0.2) is 31.7 Å². The highest BCUT2D eigenvalue weighted by Gasteiger charge is 2.45. The average molecular weight is 939 g/mol. The van der Waals surface area contributed by atoms with Gasteiger partial charge in [0.15, 0.2) is 0 Å². The summed E-state index contributed by atoms with van der Waals surface area (Å²) in [7, 11) is 0. The summed E-state index contributed by atoms with van der Waals surface area (Å²) in [6.07, 6.45) is 0. The van der Waals surface area contributed by atoms with E-state index in [1.165, 1.54) is 109 Å². The van der Waals surface area contributed by atoms with Gasteiger partial charge in [-0.05, 0) is 106 Å². The number of nitrogens with zero attached hydrogens (tertiary/aromatic N) is 4. The Bertz CT molecular complexity index is 4790. The molecule has 0 bridgehead atoms. The molecule has 0 saturated heterocycles. The molecule has 0 fully saturated rings. The maximum Gasteiger partial charge on any atom is 0.256 e. The zero-order valence-corrected chi connectivity index (χ0v) is 39.5. The Morgan fingerprint density at radius 2 is 0.703 bits per heavy atom. The van der Waals surface area contributed by atoms with Crippen LogP contribution in [0.2, 0.25) is 0 Å². The maximum atomic E-state index is 7.13. The van der Waals surface area contributed by atoms with Crippen molar-refractivity contribution >= 4 is 133 Å². The second-order valence-electron chi connectivity index (χ2n) is 20.6. The van der Waals surface area contributed by atoms with Crippen LogP contribution in [0.5, 0.6) is 23.0 Å². The monoisotopic (exact) mass is 938 g/mol. The molecular formula is C66H36B2N4O2. The summed E-state index contributed by atoms with van der Waals surface area (Å²) in [5, 5.41) is 10.0. The first-order valence-electron chi connectivity index (χ1n) is 25.7. The van der Waals surface area contributed by atoms with Gasteiger partial charge >= 0.3 is 0 Å². The quantitative estimate of drug-likeness (QED) is 0.162. The van der Waals surface area contributed by atoms with Crippen LogP contribution < -0.4 is 42.3 Å². The van der Waals surface area contributed by atoms with Crippen molar-refractivity contribution in [3.8, 4) is 45.7 Å². The topological polar surface area (TPSA) is 38.2 Å². The van der Waals surface area contributed by atoms with Crippen molar-refractivity contribution in [3.63, 3.8) is 0 Å². The third kappa shape index (κ3) is 4.42. The number of rotatable bonds is 2. The van der Waals surface area contributed by atoms with Crippen molar-refractivity contribution in [2.75, 3.05) is 0 Å². The first kappa shape index (κ1) is 38.1. The van der Waals surface area contributed by atoms with E-state index in [1.54, 1.807) is 0 Å². The average Bonchev–Trinajstić information content (AvgIpc) is 4.20. The summed E-state index contributed by atoms with van der Waals surface area (Å²) in [5.74, 6) is 3.44. The molecule has 15 aromatic rings. The first-order valence-corrected chi connectivity index (χ1v) is 25.7. The molecule has 8 heteroatoms. The van der Waals surface area contributed by atoms with Gasteiger partial charge in [-0.3, -0.25) is 0 Å². The van der Waals surface area contributed by atoms with E-state index in [9.17, 15) is 0 Å². The molecule has 4 aliphatic rings. The van der Waals surface area contributed by atoms with Crippen molar-refractivity contribution in [1.82, 2.24) is 18.3 Å². The molecule has 6 nitrogen and oxygen atoms in total. The fraction of sp³-hybridized carbons (Fsp3) is 0. The van der Waals surface area contributed by atoms with Crippen LogP contribution in [0.1, 0.15) is 0 Å². The number of hydrogen-bond acceptors (Lipinski definition) is 2. The van der Waals surface area contributed by atoms with Gasteiger partial charge < -0.3 is 27.7 Å². The van der Waals surface area contributed by atoms with Crippen molar-refractivity contribution in [2.24, 2.45) is 0 Å². The van der Waals surface area contributed by atoms with E-state index in [1.807, 2.05) is 0 Å². The van der Waals surface area contributed by atoms with Crippen LogP contribution in [0.25, 0.3) is 110 Å². The lowest BCUT2D eigenvalue weighted by molar-refractivity contribution is 0.465. The molecule has 0 unspecified atom stereocenters. The molecular weight excluding hydrogens is 902 g/mol. The lowest BCUT2D eigenvalue weighted by atomic mass is 9.31. The minimum absolute atomic E-state index is 0.0816. The fourth-order valence-electron chi connectivity index (χ4n) is 14.6. The van der Waals surface area contributed by atoms with E-state index < -0.39 is 0 Å². The molecule has 11 aromatic carbocycles. The lowest BCUT2D eigenvalue weighted by Crippen LogP contribution is -2.62. The van der Waals surface area contributed by atoms with Gasteiger partial charge in [0.1, 0.15) is 23.0 Å². The van der Waals surface area contributed by atoms with E-state index in [0.717, 1.165) is 56.7 Å². The number of benzene rings is 11. The molecule has 0 N–H and O–H groups in total. The fourth-order valence-corrected chi connectivity index (χ4v) is 14.6. The van der Waals surface area contributed by atoms with Crippen LogP contribution in [-0.2, 0) is 0 Å². The standard InChI is InChI=1S/C66H36B2N4O2/c1-3-15-37(16-4-1)69-49-25-9-7-19-39(49)41-31-33-51-59(65(41)69)43-21-11-23-45-63(43)71(51)53-27-13-29-55-61(53)67(45)47-35-48-58(36-57(47)73-55)74-56-30-14-28-54-62(56)68(48)46-24-12-22-44-60-52(72(54)64(44)46)34-32-42-40-20-8-10-26-50(40)70(66(42)60)38-17-5-2-6-18-38/h1-36H. The molecule has 0 aliphatic carbocycles. The maximum absolute atomic E-state index is 7.13. The minimum Gasteiger partial charge on any atom is -0.458 e. The third-order valence-electron chi connectivity index (χ3n) is 17.2. The van der Waals surface area contributed by atoms with Gasteiger partial charge in [-0.1, -0.05) is 140 Å². The lowest BCUT2D eigenvalue weighted by Gasteiger charge is -2.36. The Labute approximate surface area is 423 Å². The number of ether oxygens (including phenoxy) is 2. The van der Waals surface area contributed by atoms with Gasteiger partial charge in [-0.15, -0.1) is 0 Å². The molecule has 4 aliphatic heterocycles. The van der Waals surface area contributed by atoms with E-state index in [0.29, 0.717) is 0 Å². The van der Waals surface area contributed by atoms with E-state index in [-0.39, 0.29) is 13.4 Å². The summed E-state index contributed by atoms with van der Waals surface area (Å²) >= 11 is 0. The smallest absolute Gasteiger partial charge is 0.256 e. The summed E-state index contributed by atoms with van der Waals surface area (Å²) in [6, 6.07) is 80.5. The molecule has 0 radical (unpaired) electrons. The van der Waals surface area contributed by atoms with E-state index >= 15 is 0 Å². The van der Waals surface area contributed by atoms with Gasteiger partial charge in [0.25, 0.3) is 13.4 Å². The van der Waals surface area contributed by atoms with E-state index in [4.69, 9.17) is 9.47 Å². The summed E-state index contributed by atoms with van der Waals surface area (Å²) < 4.78 is 24.3. The van der Waals surface area contributed by atoms with Crippen LogP contribution in [0, 0.1) is 0 Å². The Balaban J connectivity index is 0.877. The van der Waals surface area contributed by atoms with Crippen molar-refractivity contribution in [1.29, 1.82) is 0 Å². The molecule has 0 spiro atoms. The molecule has 0 atom stereocenters. The van der Waals surface area contributed by atoms with E-state index in [2.05, 4.69) is 237 Å². The van der Waals surface area contributed by atoms with Crippen molar-refractivity contribution in [3.05, 3.63) is 218 Å². The Morgan fingerprint density at radius 3 is 1.19 bits per heavy atom. The predicted octanol–water partition coefficient (Wildman–Crippen LogP) is 11.9. The molecule has 0 amide bonds. The zero-order valence-electron chi connectivity index (χ0n) is 39.5. The highest BCUT2D eigenvalue weighted by atomic mass is 16.5. The molecule has 338 valence electrons. The zero-order chi connectivity index (χ0) is 47.7. The Hall–Kier alpha value is -9.65. The van der Waals surface area contributed by atoms with Gasteiger partial charge in [-0.2, -0.15) is 0 Å². The van der Waals surface area contributed by atoms with Gasteiger partial charge in [0.2, 0.25) is 0 Å². The molecule has 0 saturated carbocycles. The SMILES string of the molecule is c1ccc(-n2c3ccccc3c3ccc4c(c5cccc6c5n4-c4cccc5c4B6c4cc6c(cc4O5)Oc4cccc5c4B6c4cccc6c7c(ccc8c9ccccc9n(-c9ccccc9)c87)n-5c46)c32)cc1. The molecule has 4 aromatic heterocycles. The third-order valence-corrected chi connectivity index (χ3v) is 17.2. The highest BCUT2D eigenvalue weighted by Crippen LogP contribution is 2.46. The second-order valence-corrected chi connectivity index (χ2v) is 20.6. The normalized spacial score (nSPS) is 13.6. The predicted molar refractivity (Wildman–Crippen MR) is 306 cm³/mol. The van der Waals surface area contributed by atoms with Crippen LogP contribution in [0.4, 0.5) is 0 Å². The van der Waals surface area contributed by atoms with Crippen LogP contribution in [0.3, 0.4) is 0 Å². The number of hydrogen-bond donors (Lipinski definition) is 0. The molecule has 8 heterocycles. The summed E-state index contributed by atoms with van der Waals surface area (Å²) in [6.45, 7) is -0.163. The van der Waals surface area contributed by atoms with Gasteiger partial charge in [0.05, 0.1) is 33.1 Å². The summed E-state index contributed by atoms with van der Waals surface area (Å²) in [4.78, 5) is 0. The second kappa shape index (κ2) is 13.2.